The van der Waals surface area contributed by atoms with E-state index in [1.807, 2.05) is 66.9 Å². The van der Waals surface area contributed by atoms with Crippen LogP contribution in [0.15, 0.2) is 66.9 Å². The maximum Gasteiger partial charge on any atom is 0.310 e. The monoisotopic (exact) mass is 396 g/mol. The molecule has 0 saturated carbocycles. The molecular weight excluding hydrogens is 376 g/mol. The van der Waals surface area contributed by atoms with E-state index in [0.29, 0.717) is 6.42 Å². The molecule has 3 aromatic rings. The molecule has 1 atom stereocenters. The van der Waals surface area contributed by atoms with Crippen LogP contribution in [0.5, 0.6) is 0 Å². The molecule has 0 unspecified atom stereocenters. The van der Waals surface area contributed by atoms with Gasteiger partial charge in [0.15, 0.2) is 9.84 Å². The van der Waals surface area contributed by atoms with Crippen LogP contribution in [-0.2, 0) is 26.0 Å². The average Bonchev–Trinajstić information content (AvgIpc) is 3.31. The maximum atomic E-state index is 12.3. The van der Waals surface area contributed by atoms with E-state index in [1.165, 1.54) is 0 Å². The summed E-state index contributed by atoms with van der Waals surface area (Å²) in [6.07, 6.45) is 2.17. The van der Waals surface area contributed by atoms with E-state index in [2.05, 4.69) is 5.10 Å². The number of nitrogens with zero attached hydrogens (tertiary/aromatic N) is 2. The number of carbonyl (C=O) groups excluding carboxylic acids is 1. The zero-order valence-electron chi connectivity index (χ0n) is 15.2. The van der Waals surface area contributed by atoms with Crippen molar-refractivity contribution in [1.29, 1.82) is 0 Å². The quantitative estimate of drug-likeness (QED) is 0.620. The fourth-order valence-electron chi connectivity index (χ4n) is 3.31. The Morgan fingerprint density at radius 3 is 2.39 bits per heavy atom. The number of esters is 1. The van der Waals surface area contributed by atoms with Gasteiger partial charge in [-0.2, -0.15) is 5.10 Å². The number of rotatable bonds is 5. The van der Waals surface area contributed by atoms with Crippen LogP contribution in [0.3, 0.4) is 0 Å². The number of carbonyl (C=O) groups is 1. The minimum absolute atomic E-state index is 0.0481. The first-order valence-electron chi connectivity index (χ1n) is 9.08. The molecule has 1 fully saturated rings. The second kappa shape index (κ2) is 7.59. The molecule has 6 nitrogen and oxygen atoms in total. The fourth-order valence-corrected chi connectivity index (χ4v) is 5.04. The Labute approximate surface area is 163 Å². The van der Waals surface area contributed by atoms with E-state index >= 15 is 0 Å². The van der Waals surface area contributed by atoms with Crippen molar-refractivity contribution >= 4 is 15.8 Å². The summed E-state index contributed by atoms with van der Waals surface area (Å²) in [7, 11) is -3.12. The van der Waals surface area contributed by atoms with Gasteiger partial charge in [0.05, 0.1) is 28.8 Å². The summed E-state index contributed by atoms with van der Waals surface area (Å²) in [5.41, 5.74) is 3.33. The predicted molar refractivity (Wildman–Crippen MR) is 106 cm³/mol. The smallest absolute Gasteiger partial charge is 0.310 e. The van der Waals surface area contributed by atoms with Gasteiger partial charge >= 0.3 is 5.97 Å². The van der Waals surface area contributed by atoms with Crippen molar-refractivity contribution in [3.63, 3.8) is 0 Å². The predicted octanol–water partition coefficient (Wildman–Crippen LogP) is 3.02. The van der Waals surface area contributed by atoms with E-state index in [4.69, 9.17) is 4.74 Å². The van der Waals surface area contributed by atoms with Crippen molar-refractivity contribution in [3.05, 3.63) is 72.4 Å². The first kappa shape index (κ1) is 18.4. The van der Waals surface area contributed by atoms with Crippen molar-refractivity contribution < 1.29 is 17.9 Å². The summed E-state index contributed by atoms with van der Waals surface area (Å²) in [6.45, 7) is 0.0481. The summed E-state index contributed by atoms with van der Waals surface area (Å²) >= 11 is 0. The Balaban J connectivity index is 1.58. The molecule has 144 valence electrons. The number of benzene rings is 2. The molecule has 0 aliphatic carbocycles. The van der Waals surface area contributed by atoms with Crippen molar-refractivity contribution in [2.45, 2.75) is 13.0 Å². The molecule has 0 amide bonds. The zero-order valence-corrected chi connectivity index (χ0v) is 16.0. The van der Waals surface area contributed by atoms with Crippen LogP contribution in [0, 0.1) is 5.92 Å². The molecule has 0 bridgehead atoms. The van der Waals surface area contributed by atoms with E-state index in [9.17, 15) is 13.2 Å². The van der Waals surface area contributed by atoms with Gasteiger partial charge in [-0.3, -0.25) is 4.79 Å². The summed E-state index contributed by atoms with van der Waals surface area (Å²) < 4.78 is 30.4. The van der Waals surface area contributed by atoms with Gasteiger partial charge in [0.1, 0.15) is 6.61 Å². The Bertz CT molecular complexity index is 1080. The molecular formula is C21H20N2O4S. The average molecular weight is 396 g/mol. The maximum absolute atomic E-state index is 12.3. The molecule has 4 rings (SSSR count). The number of sulfone groups is 1. The van der Waals surface area contributed by atoms with Gasteiger partial charge in [-0.15, -0.1) is 0 Å². The third kappa shape index (κ3) is 3.99. The minimum atomic E-state index is -3.12. The van der Waals surface area contributed by atoms with Gasteiger partial charge in [-0.25, -0.2) is 13.1 Å². The molecule has 0 radical (unpaired) electrons. The van der Waals surface area contributed by atoms with Crippen LogP contribution >= 0.6 is 0 Å². The number of hydrogen-bond donors (Lipinski definition) is 0. The van der Waals surface area contributed by atoms with Crippen molar-refractivity contribution in [2.75, 3.05) is 11.5 Å². The highest BCUT2D eigenvalue weighted by Gasteiger charge is 2.34. The molecule has 1 aliphatic heterocycles. The number of ether oxygens (including phenoxy) is 1. The molecule has 28 heavy (non-hydrogen) atoms. The van der Waals surface area contributed by atoms with Crippen molar-refractivity contribution in [2.24, 2.45) is 5.92 Å². The molecule has 2 heterocycles. The second-order valence-corrected chi connectivity index (χ2v) is 9.09. The third-order valence-corrected chi connectivity index (χ3v) is 6.56. The molecule has 0 N–H and O–H groups in total. The lowest BCUT2D eigenvalue weighted by molar-refractivity contribution is -0.148. The van der Waals surface area contributed by atoms with Gasteiger partial charge in [-0.05, 0) is 18.6 Å². The standard InChI is InChI=1S/C21H20N2O4S/c24-21(17-11-12-28(25,26)15-17)27-14-18-13-23(19-9-5-2-6-10-19)22-20(18)16-7-3-1-4-8-16/h1-10,13,17H,11-12,14-15H2/t17-/m0/s1. The molecule has 1 saturated heterocycles. The lowest BCUT2D eigenvalue weighted by Crippen LogP contribution is -2.18. The lowest BCUT2D eigenvalue weighted by atomic mass is 10.1. The van der Waals surface area contributed by atoms with E-state index in [-0.39, 0.29) is 18.1 Å². The molecule has 2 aromatic carbocycles. The van der Waals surface area contributed by atoms with E-state index in [1.54, 1.807) is 4.68 Å². The summed E-state index contributed by atoms with van der Waals surface area (Å²) in [4.78, 5) is 12.3. The Morgan fingerprint density at radius 2 is 1.75 bits per heavy atom. The highest BCUT2D eigenvalue weighted by molar-refractivity contribution is 7.91. The Morgan fingerprint density at radius 1 is 1.07 bits per heavy atom. The van der Waals surface area contributed by atoms with Crippen LogP contribution in [0.25, 0.3) is 16.9 Å². The third-order valence-electron chi connectivity index (χ3n) is 4.79. The van der Waals surface area contributed by atoms with Crippen molar-refractivity contribution in [3.8, 4) is 16.9 Å². The second-order valence-electron chi connectivity index (χ2n) is 6.86. The highest BCUT2D eigenvalue weighted by Crippen LogP contribution is 2.25. The largest absolute Gasteiger partial charge is 0.460 e. The van der Waals surface area contributed by atoms with E-state index in [0.717, 1.165) is 22.5 Å². The summed E-state index contributed by atoms with van der Waals surface area (Å²) in [6, 6.07) is 19.4. The van der Waals surface area contributed by atoms with E-state index < -0.39 is 21.7 Å². The Hall–Kier alpha value is -2.93. The van der Waals surface area contributed by atoms with Gasteiger partial charge in [0.25, 0.3) is 0 Å². The van der Waals surface area contributed by atoms with Gasteiger partial charge < -0.3 is 4.74 Å². The first-order chi connectivity index (χ1) is 13.5. The van der Waals surface area contributed by atoms with Crippen LogP contribution in [-0.4, -0.2) is 35.7 Å². The fraction of sp³-hybridized carbons (Fsp3) is 0.238. The topological polar surface area (TPSA) is 78.3 Å². The van der Waals surface area contributed by atoms with Crippen LogP contribution in [0.2, 0.25) is 0 Å². The zero-order chi connectivity index (χ0) is 19.6. The van der Waals surface area contributed by atoms with Gasteiger partial charge in [0.2, 0.25) is 0 Å². The number of para-hydroxylation sites is 1. The molecule has 1 aromatic heterocycles. The van der Waals surface area contributed by atoms with Gasteiger partial charge in [-0.1, -0.05) is 48.5 Å². The van der Waals surface area contributed by atoms with Crippen LogP contribution in [0.1, 0.15) is 12.0 Å². The normalized spacial score (nSPS) is 18.1. The lowest BCUT2D eigenvalue weighted by Gasteiger charge is -2.08. The molecule has 1 aliphatic rings. The SMILES string of the molecule is O=C(OCc1cn(-c2ccccc2)nc1-c1ccccc1)[C@H]1CCS(=O)(=O)C1. The molecule has 0 spiro atoms. The summed E-state index contributed by atoms with van der Waals surface area (Å²) in [5, 5.41) is 4.68. The Kier molecular flexibility index (Phi) is 5.00. The minimum Gasteiger partial charge on any atom is -0.460 e. The first-order valence-corrected chi connectivity index (χ1v) is 10.9. The molecule has 7 heteroatoms. The van der Waals surface area contributed by atoms with Crippen LogP contribution in [0.4, 0.5) is 0 Å². The highest BCUT2D eigenvalue weighted by atomic mass is 32.2. The van der Waals surface area contributed by atoms with Crippen LogP contribution < -0.4 is 0 Å². The van der Waals surface area contributed by atoms with Gasteiger partial charge in [0, 0.05) is 17.3 Å². The number of aromatic nitrogens is 2. The summed E-state index contributed by atoms with van der Waals surface area (Å²) in [5.74, 6) is -1.11. The van der Waals surface area contributed by atoms with Crippen molar-refractivity contribution in [1.82, 2.24) is 9.78 Å². The number of hydrogen-bond acceptors (Lipinski definition) is 5.